The second-order valence-corrected chi connectivity index (χ2v) is 5.70. The largest absolute Gasteiger partial charge is 0.236 e. The normalized spacial score (nSPS) is 12.5. The number of allylic oxidation sites excluding steroid dienone is 1. The Morgan fingerprint density at radius 2 is 1.65 bits per heavy atom. The predicted molar refractivity (Wildman–Crippen MR) is 90.3 cm³/mol. The van der Waals surface area contributed by atoms with E-state index in [0.717, 1.165) is 17.0 Å². The van der Waals surface area contributed by atoms with Gasteiger partial charge in [0.25, 0.3) is 0 Å². The summed E-state index contributed by atoms with van der Waals surface area (Å²) in [5.41, 5.74) is 1.87. The van der Waals surface area contributed by atoms with E-state index in [2.05, 4.69) is 23.2 Å². The van der Waals surface area contributed by atoms with Crippen LogP contribution in [0.3, 0.4) is 0 Å². The lowest BCUT2D eigenvalue weighted by molar-refractivity contribution is 1.45. The smallest absolute Gasteiger partial charge is 0.132 e. The Labute approximate surface area is 129 Å². The summed E-state index contributed by atoms with van der Waals surface area (Å²) >= 11 is 8.00. The van der Waals surface area contributed by atoms with Crippen LogP contribution in [0, 0.1) is 0 Å². The van der Waals surface area contributed by atoms with Crippen LogP contribution in [0.25, 0.3) is 0 Å². The van der Waals surface area contributed by atoms with Gasteiger partial charge in [0.2, 0.25) is 0 Å². The zero-order chi connectivity index (χ0) is 14.2. The molecule has 2 aromatic carbocycles. The maximum absolute atomic E-state index is 6.22. The minimum Gasteiger partial charge on any atom is -0.236 e. The molecule has 3 heteroatoms. The molecule has 0 aliphatic heterocycles. The van der Waals surface area contributed by atoms with Crippen LogP contribution in [0.2, 0.25) is 0 Å². The second kappa shape index (κ2) is 7.93. The van der Waals surface area contributed by atoms with E-state index in [4.69, 9.17) is 11.6 Å². The number of hydrogen-bond acceptors (Lipinski definition) is 2. The van der Waals surface area contributed by atoms with Gasteiger partial charge in [-0.05, 0) is 36.8 Å². The summed E-state index contributed by atoms with van der Waals surface area (Å²) in [5.74, 6) is 0.885. The van der Waals surface area contributed by atoms with Gasteiger partial charge in [-0.25, -0.2) is 4.99 Å². The first-order valence-corrected chi connectivity index (χ1v) is 7.76. The van der Waals surface area contributed by atoms with Gasteiger partial charge < -0.3 is 0 Å². The van der Waals surface area contributed by atoms with Gasteiger partial charge in [0, 0.05) is 10.6 Å². The third kappa shape index (κ3) is 4.87. The Balaban J connectivity index is 1.95. The Bertz CT molecular complexity index is 591. The highest BCUT2D eigenvalue weighted by Crippen LogP contribution is 2.19. The van der Waals surface area contributed by atoms with E-state index in [9.17, 15) is 0 Å². The lowest BCUT2D eigenvalue weighted by Crippen LogP contribution is -1.90. The van der Waals surface area contributed by atoms with Crippen molar-refractivity contribution in [3.63, 3.8) is 0 Å². The molecule has 0 saturated heterocycles. The first-order valence-electron chi connectivity index (χ1n) is 6.40. The molecule has 0 radical (unpaired) electrons. The molecule has 1 nitrogen and oxygen atoms in total. The number of aliphatic imine (C=N–C) groups is 1. The van der Waals surface area contributed by atoms with Crippen LogP contribution in [0.1, 0.15) is 6.92 Å². The van der Waals surface area contributed by atoms with Gasteiger partial charge in [0.1, 0.15) is 5.17 Å². The van der Waals surface area contributed by atoms with Crippen molar-refractivity contribution in [2.75, 3.05) is 5.75 Å². The van der Waals surface area contributed by atoms with Gasteiger partial charge in [-0.1, -0.05) is 54.1 Å². The molecule has 0 saturated carbocycles. The van der Waals surface area contributed by atoms with E-state index in [1.165, 1.54) is 4.90 Å². The maximum atomic E-state index is 6.22. The highest BCUT2D eigenvalue weighted by atomic mass is 35.5. The molecule has 0 bridgehead atoms. The number of benzene rings is 2. The van der Waals surface area contributed by atoms with Gasteiger partial charge in [0.15, 0.2) is 0 Å². The fourth-order valence-electron chi connectivity index (χ4n) is 1.57. The lowest BCUT2D eigenvalue weighted by Gasteiger charge is -2.01. The molecule has 0 aromatic heterocycles. The molecule has 0 fully saturated rings. The lowest BCUT2D eigenvalue weighted by atomic mass is 10.3. The van der Waals surface area contributed by atoms with Crippen molar-refractivity contribution >= 4 is 34.2 Å². The molecule has 0 aliphatic carbocycles. The minimum atomic E-state index is 0.546. The monoisotopic (exact) mass is 301 g/mol. The van der Waals surface area contributed by atoms with Crippen molar-refractivity contribution in [1.82, 2.24) is 0 Å². The summed E-state index contributed by atoms with van der Waals surface area (Å²) < 4.78 is 0. The summed E-state index contributed by atoms with van der Waals surface area (Å²) in [7, 11) is 0. The van der Waals surface area contributed by atoms with Crippen LogP contribution in [0.4, 0.5) is 5.69 Å². The molecule has 0 N–H and O–H groups in total. The molecule has 0 aliphatic rings. The molecule has 20 heavy (non-hydrogen) atoms. The van der Waals surface area contributed by atoms with Crippen molar-refractivity contribution in [2.45, 2.75) is 11.8 Å². The third-order valence-electron chi connectivity index (χ3n) is 2.69. The summed E-state index contributed by atoms with van der Waals surface area (Å²) in [6.07, 6.45) is 2.10. The number of hydrogen-bond donors (Lipinski definition) is 0. The van der Waals surface area contributed by atoms with Gasteiger partial charge in [0.05, 0.1) is 5.69 Å². The maximum Gasteiger partial charge on any atom is 0.132 e. The van der Waals surface area contributed by atoms with E-state index in [0.29, 0.717) is 5.17 Å². The topological polar surface area (TPSA) is 12.4 Å². The molecular weight excluding hydrogens is 286 g/mol. The fraction of sp³-hybridized carbons (Fsp3) is 0.118. The molecule has 2 rings (SSSR count). The average Bonchev–Trinajstić information content (AvgIpc) is 2.49. The zero-order valence-corrected chi connectivity index (χ0v) is 12.9. The second-order valence-electron chi connectivity index (χ2n) is 4.25. The number of para-hydroxylation sites is 1. The number of thioether (sulfide) groups is 1. The molecule has 0 atom stereocenters. The van der Waals surface area contributed by atoms with Crippen molar-refractivity contribution in [2.24, 2.45) is 4.99 Å². The molecule has 0 spiro atoms. The predicted octanol–water partition coefficient (Wildman–Crippen LogP) is 5.69. The standard InChI is InChI=1S/C17H16ClNS/c1-14(12-13-20-16-10-6-3-7-11-16)17(18)19-15-8-4-2-5-9-15/h2-12H,13H2,1H3/b14-12+,19-17?. The Kier molecular flexibility index (Phi) is 5.90. The first kappa shape index (κ1) is 14.9. The van der Waals surface area contributed by atoms with Crippen molar-refractivity contribution in [3.8, 4) is 0 Å². The van der Waals surface area contributed by atoms with E-state index in [1.807, 2.05) is 55.5 Å². The molecule has 0 amide bonds. The highest BCUT2D eigenvalue weighted by molar-refractivity contribution is 7.99. The summed E-state index contributed by atoms with van der Waals surface area (Å²) in [6.45, 7) is 1.99. The summed E-state index contributed by atoms with van der Waals surface area (Å²) in [6, 6.07) is 20.1. The zero-order valence-electron chi connectivity index (χ0n) is 11.3. The minimum absolute atomic E-state index is 0.546. The molecule has 2 aromatic rings. The molecule has 0 heterocycles. The van der Waals surface area contributed by atoms with Crippen molar-refractivity contribution in [1.29, 1.82) is 0 Å². The van der Waals surface area contributed by atoms with Gasteiger partial charge in [-0.3, -0.25) is 0 Å². The Morgan fingerprint density at radius 1 is 1.05 bits per heavy atom. The number of rotatable bonds is 5. The van der Waals surface area contributed by atoms with Gasteiger partial charge in [-0.2, -0.15) is 0 Å². The molecular formula is C17H16ClNS. The van der Waals surface area contributed by atoms with Crippen molar-refractivity contribution in [3.05, 3.63) is 72.3 Å². The number of nitrogens with zero attached hydrogens (tertiary/aromatic N) is 1. The summed E-state index contributed by atoms with van der Waals surface area (Å²) in [4.78, 5) is 5.65. The average molecular weight is 302 g/mol. The highest BCUT2D eigenvalue weighted by Gasteiger charge is 1.98. The van der Waals surface area contributed by atoms with Crippen molar-refractivity contribution < 1.29 is 0 Å². The third-order valence-corrected chi connectivity index (χ3v) is 4.01. The van der Waals surface area contributed by atoms with E-state index in [-0.39, 0.29) is 0 Å². The van der Waals surface area contributed by atoms with Crippen LogP contribution < -0.4 is 0 Å². The Hall–Kier alpha value is -1.51. The van der Waals surface area contributed by atoms with E-state index >= 15 is 0 Å². The number of halogens is 1. The summed E-state index contributed by atoms with van der Waals surface area (Å²) in [5, 5.41) is 0.546. The quantitative estimate of drug-likeness (QED) is 0.510. The van der Waals surface area contributed by atoms with Gasteiger partial charge in [-0.15, -0.1) is 11.8 Å². The van der Waals surface area contributed by atoms with Crippen LogP contribution in [0.5, 0.6) is 0 Å². The van der Waals surface area contributed by atoms with Crippen LogP contribution in [0.15, 0.2) is 82.2 Å². The SMILES string of the molecule is C/C(=C\CSc1ccccc1)C(Cl)=Nc1ccccc1. The van der Waals surface area contributed by atoms with E-state index in [1.54, 1.807) is 11.8 Å². The molecule has 0 unspecified atom stereocenters. The Morgan fingerprint density at radius 3 is 2.30 bits per heavy atom. The first-order chi connectivity index (χ1) is 9.75. The fourth-order valence-corrected chi connectivity index (χ4v) is 2.62. The van der Waals surface area contributed by atoms with E-state index < -0.39 is 0 Å². The van der Waals surface area contributed by atoms with Crippen LogP contribution >= 0.6 is 23.4 Å². The molecule has 102 valence electrons. The van der Waals surface area contributed by atoms with Gasteiger partial charge >= 0.3 is 0 Å². The van der Waals surface area contributed by atoms with Crippen LogP contribution in [-0.4, -0.2) is 10.9 Å². The van der Waals surface area contributed by atoms with Crippen LogP contribution in [-0.2, 0) is 0 Å².